The van der Waals surface area contributed by atoms with E-state index in [0.29, 0.717) is 17.2 Å². The molecule has 1 aromatic rings. The molecule has 2 unspecified atom stereocenters. The minimum atomic E-state index is -0.270. The van der Waals surface area contributed by atoms with E-state index in [1.165, 1.54) is 37.8 Å². The molecule has 1 fully saturated rings. The summed E-state index contributed by atoms with van der Waals surface area (Å²) in [4.78, 5) is 12.3. The highest BCUT2D eigenvalue weighted by molar-refractivity contribution is 9.09. The zero-order valence-electron chi connectivity index (χ0n) is 10.9. The van der Waals surface area contributed by atoms with E-state index >= 15 is 0 Å². The molecule has 1 N–H and O–H groups in total. The maximum Gasteiger partial charge on any atom is 0.224 e. The molecular formula is C15H19BrFNO. The molecule has 0 spiro atoms. The summed E-state index contributed by atoms with van der Waals surface area (Å²) in [5.74, 6) is 0.274. The topological polar surface area (TPSA) is 29.1 Å². The van der Waals surface area contributed by atoms with E-state index in [0.717, 1.165) is 12.1 Å². The molecule has 4 heteroatoms. The van der Waals surface area contributed by atoms with Gasteiger partial charge in [-0.15, -0.1) is 0 Å². The van der Waals surface area contributed by atoms with Crippen LogP contribution in [0.5, 0.6) is 0 Å². The van der Waals surface area contributed by atoms with Gasteiger partial charge in [0, 0.05) is 11.4 Å². The lowest BCUT2D eigenvalue weighted by Crippen LogP contribution is -2.35. The first-order valence-corrected chi connectivity index (χ1v) is 7.72. The fraction of sp³-hybridized carbons (Fsp3) is 0.533. The van der Waals surface area contributed by atoms with Crippen molar-refractivity contribution >= 4 is 21.8 Å². The molecule has 1 amide bonds. The van der Waals surface area contributed by atoms with E-state index in [2.05, 4.69) is 21.2 Å². The molecule has 1 aliphatic carbocycles. The van der Waals surface area contributed by atoms with Gasteiger partial charge >= 0.3 is 0 Å². The Hall–Kier alpha value is -0.900. The molecule has 2 nitrogen and oxygen atoms in total. The van der Waals surface area contributed by atoms with Gasteiger partial charge in [0.2, 0.25) is 5.91 Å². The van der Waals surface area contributed by atoms with Crippen molar-refractivity contribution < 1.29 is 9.18 Å². The Morgan fingerprint density at radius 3 is 2.63 bits per heavy atom. The predicted molar refractivity (Wildman–Crippen MR) is 77.8 cm³/mol. The molecule has 1 saturated carbocycles. The summed E-state index contributed by atoms with van der Waals surface area (Å²) in [7, 11) is 0. The highest BCUT2D eigenvalue weighted by atomic mass is 79.9. The standard InChI is InChI=1S/C15H19BrFNO/c16-14-4-2-1-3-12(14)10-18-15(19)9-11-5-7-13(17)8-6-11/h5-8,12,14H,1-4,9-10H2,(H,18,19). The molecule has 19 heavy (non-hydrogen) atoms. The van der Waals surface area contributed by atoms with Crippen molar-refractivity contribution in [3.8, 4) is 0 Å². The second-order valence-corrected chi connectivity index (χ2v) is 6.34. The fourth-order valence-electron chi connectivity index (χ4n) is 2.49. The maximum absolute atomic E-state index is 12.8. The van der Waals surface area contributed by atoms with E-state index in [-0.39, 0.29) is 11.7 Å². The summed E-state index contributed by atoms with van der Waals surface area (Å²) in [5.41, 5.74) is 0.845. The molecule has 2 rings (SSSR count). The van der Waals surface area contributed by atoms with E-state index in [1.54, 1.807) is 12.1 Å². The molecule has 0 aromatic heterocycles. The molecular weight excluding hydrogens is 309 g/mol. The van der Waals surface area contributed by atoms with Gasteiger partial charge < -0.3 is 5.32 Å². The van der Waals surface area contributed by atoms with Crippen LogP contribution in [0.15, 0.2) is 24.3 Å². The van der Waals surface area contributed by atoms with Gasteiger partial charge in [-0.3, -0.25) is 4.79 Å². The molecule has 1 aliphatic rings. The van der Waals surface area contributed by atoms with Gasteiger partial charge in [-0.2, -0.15) is 0 Å². The first-order valence-electron chi connectivity index (χ1n) is 6.80. The second-order valence-electron chi connectivity index (χ2n) is 5.17. The van der Waals surface area contributed by atoms with E-state index < -0.39 is 0 Å². The molecule has 1 aromatic carbocycles. The third-order valence-electron chi connectivity index (χ3n) is 3.66. The van der Waals surface area contributed by atoms with Crippen LogP contribution >= 0.6 is 15.9 Å². The summed E-state index contributed by atoms with van der Waals surface area (Å²) in [6, 6.07) is 6.09. The number of hydrogen-bond acceptors (Lipinski definition) is 1. The molecule has 104 valence electrons. The number of nitrogens with one attached hydrogen (secondary N) is 1. The number of rotatable bonds is 4. The lowest BCUT2D eigenvalue weighted by molar-refractivity contribution is -0.120. The van der Waals surface area contributed by atoms with Crippen molar-refractivity contribution in [2.24, 2.45) is 5.92 Å². The summed E-state index contributed by atoms with van der Waals surface area (Å²) in [6.45, 7) is 0.732. The zero-order valence-corrected chi connectivity index (χ0v) is 12.5. The highest BCUT2D eigenvalue weighted by Crippen LogP contribution is 2.29. The van der Waals surface area contributed by atoms with Crippen LogP contribution in [0.3, 0.4) is 0 Å². The Kier molecular flexibility index (Phi) is 5.37. The van der Waals surface area contributed by atoms with Crippen molar-refractivity contribution in [2.45, 2.75) is 36.9 Å². The Bertz CT molecular complexity index is 421. The zero-order chi connectivity index (χ0) is 13.7. The number of alkyl halides is 1. The molecule has 0 radical (unpaired) electrons. The summed E-state index contributed by atoms with van der Waals surface area (Å²) in [6.07, 6.45) is 5.21. The van der Waals surface area contributed by atoms with Gasteiger partial charge in [0.1, 0.15) is 5.82 Å². The lowest BCUT2D eigenvalue weighted by Gasteiger charge is -2.27. The van der Waals surface area contributed by atoms with Crippen LogP contribution in [0.4, 0.5) is 4.39 Å². The molecule has 2 atom stereocenters. The molecule has 0 saturated heterocycles. The number of carbonyl (C=O) groups is 1. The average Bonchev–Trinajstić information content (AvgIpc) is 2.40. The smallest absolute Gasteiger partial charge is 0.224 e. The third kappa shape index (κ3) is 4.60. The minimum absolute atomic E-state index is 0.0110. The van der Waals surface area contributed by atoms with Crippen LogP contribution in [-0.2, 0) is 11.2 Å². The lowest BCUT2D eigenvalue weighted by atomic mass is 9.89. The highest BCUT2D eigenvalue weighted by Gasteiger charge is 2.22. The number of amides is 1. The normalized spacial score (nSPS) is 23.1. The first-order chi connectivity index (χ1) is 9.15. The van der Waals surface area contributed by atoms with Crippen LogP contribution < -0.4 is 5.32 Å². The van der Waals surface area contributed by atoms with E-state index in [4.69, 9.17) is 0 Å². The number of carbonyl (C=O) groups excluding carboxylic acids is 1. The Balaban J connectivity index is 1.76. The number of benzene rings is 1. The van der Waals surface area contributed by atoms with Gasteiger partial charge in [0.15, 0.2) is 0 Å². The third-order valence-corrected chi connectivity index (χ3v) is 4.86. The first kappa shape index (κ1) is 14.5. The Morgan fingerprint density at radius 2 is 1.95 bits per heavy atom. The van der Waals surface area contributed by atoms with Gasteiger partial charge in [-0.25, -0.2) is 4.39 Å². The molecule has 0 bridgehead atoms. The van der Waals surface area contributed by atoms with Crippen LogP contribution in [0, 0.1) is 11.7 Å². The van der Waals surface area contributed by atoms with E-state index in [1.807, 2.05) is 0 Å². The molecule has 0 heterocycles. The van der Waals surface area contributed by atoms with Gasteiger partial charge in [0.05, 0.1) is 6.42 Å². The summed E-state index contributed by atoms with van der Waals surface area (Å²) >= 11 is 3.69. The summed E-state index contributed by atoms with van der Waals surface area (Å²) in [5, 5.41) is 2.98. The Labute approximate surface area is 121 Å². The van der Waals surface area contributed by atoms with Crippen molar-refractivity contribution in [1.82, 2.24) is 5.32 Å². The summed E-state index contributed by atoms with van der Waals surface area (Å²) < 4.78 is 12.8. The van der Waals surface area contributed by atoms with Crippen LogP contribution in [0.2, 0.25) is 0 Å². The Morgan fingerprint density at radius 1 is 1.26 bits per heavy atom. The van der Waals surface area contributed by atoms with E-state index in [9.17, 15) is 9.18 Å². The predicted octanol–water partition coefficient (Wildman–Crippen LogP) is 3.44. The number of hydrogen-bond donors (Lipinski definition) is 1. The minimum Gasteiger partial charge on any atom is -0.355 e. The quantitative estimate of drug-likeness (QED) is 0.843. The van der Waals surface area contributed by atoms with Crippen molar-refractivity contribution in [3.05, 3.63) is 35.6 Å². The molecule has 0 aliphatic heterocycles. The monoisotopic (exact) mass is 327 g/mol. The van der Waals surface area contributed by atoms with Gasteiger partial charge in [0.25, 0.3) is 0 Å². The van der Waals surface area contributed by atoms with Crippen molar-refractivity contribution in [3.63, 3.8) is 0 Å². The average molecular weight is 328 g/mol. The van der Waals surface area contributed by atoms with Gasteiger partial charge in [-0.1, -0.05) is 40.9 Å². The maximum atomic E-state index is 12.8. The number of halogens is 2. The van der Waals surface area contributed by atoms with Crippen molar-refractivity contribution in [2.75, 3.05) is 6.54 Å². The van der Waals surface area contributed by atoms with Crippen LogP contribution in [0.25, 0.3) is 0 Å². The van der Waals surface area contributed by atoms with Crippen molar-refractivity contribution in [1.29, 1.82) is 0 Å². The van der Waals surface area contributed by atoms with Crippen LogP contribution in [-0.4, -0.2) is 17.3 Å². The fourth-order valence-corrected chi connectivity index (χ4v) is 3.26. The van der Waals surface area contributed by atoms with Crippen LogP contribution in [0.1, 0.15) is 31.2 Å². The largest absolute Gasteiger partial charge is 0.355 e. The SMILES string of the molecule is O=C(Cc1ccc(F)cc1)NCC1CCCCC1Br. The second kappa shape index (κ2) is 7.04. The van der Waals surface area contributed by atoms with Gasteiger partial charge in [-0.05, 0) is 36.5 Å².